The van der Waals surface area contributed by atoms with Gasteiger partial charge in [0.05, 0.1) is 0 Å². The molecule has 150 valence electrons. The maximum Gasteiger partial charge on any atom is 0.453 e. The summed E-state index contributed by atoms with van der Waals surface area (Å²) in [6.07, 6.45) is -3.33. The summed E-state index contributed by atoms with van der Waals surface area (Å²) in [7, 11) is 0. The quantitative estimate of drug-likeness (QED) is 0.760. The van der Waals surface area contributed by atoms with Crippen molar-refractivity contribution in [3.63, 3.8) is 0 Å². The van der Waals surface area contributed by atoms with Crippen LogP contribution in [0.5, 0.6) is 0 Å². The highest BCUT2D eigenvalue weighted by Gasteiger charge is 2.37. The van der Waals surface area contributed by atoms with Crippen LogP contribution in [0, 0.1) is 19.8 Å². The summed E-state index contributed by atoms with van der Waals surface area (Å²) in [5.41, 5.74) is 7.40. The molecule has 10 heteroatoms. The lowest BCUT2D eigenvalue weighted by molar-refractivity contribution is -0.144. The molecule has 0 bridgehead atoms. The Labute approximate surface area is 155 Å². The maximum absolute atomic E-state index is 12.8. The molecule has 0 radical (unpaired) electrons. The second kappa shape index (κ2) is 8.20. The SMILES string of the molecule is Cc1nc2nc(C(F)(F)F)nn2c(C)c1CCC(=O)NC(CN)CC(C)C. The predicted molar refractivity (Wildman–Crippen MR) is 94.0 cm³/mol. The van der Waals surface area contributed by atoms with E-state index in [-0.39, 0.29) is 24.1 Å². The molecule has 1 unspecified atom stereocenters. The first-order valence-electron chi connectivity index (χ1n) is 8.82. The molecular formula is C17H25F3N6O. The number of nitrogens with zero attached hydrogens (tertiary/aromatic N) is 4. The average Bonchev–Trinajstić information content (AvgIpc) is 2.97. The van der Waals surface area contributed by atoms with Gasteiger partial charge in [0.15, 0.2) is 0 Å². The van der Waals surface area contributed by atoms with E-state index < -0.39 is 12.0 Å². The van der Waals surface area contributed by atoms with E-state index >= 15 is 0 Å². The van der Waals surface area contributed by atoms with Gasteiger partial charge in [-0.15, -0.1) is 5.10 Å². The topological polar surface area (TPSA) is 98.2 Å². The van der Waals surface area contributed by atoms with Crippen LogP contribution in [-0.4, -0.2) is 38.1 Å². The lowest BCUT2D eigenvalue weighted by Gasteiger charge is -2.19. The monoisotopic (exact) mass is 386 g/mol. The zero-order chi connectivity index (χ0) is 20.4. The minimum Gasteiger partial charge on any atom is -0.352 e. The van der Waals surface area contributed by atoms with E-state index in [9.17, 15) is 18.0 Å². The predicted octanol–water partition coefficient (Wildman–Crippen LogP) is 2.18. The fourth-order valence-corrected chi connectivity index (χ4v) is 3.01. The Morgan fingerprint density at radius 1 is 1.26 bits per heavy atom. The molecule has 2 aromatic rings. The highest BCUT2D eigenvalue weighted by atomic mass is 19.4. The van der Waals surface area contributed by atoms with E-state index in [1.807, 2.05) is 0 Å². The minimum atomic E-state index is -4.64. The summed E-state index contributed by atoms with van der Waals surface area (Å²) in [4.78, 5) is 19.8. The summed E-state index contributed by atoms with van der Waals surface area (Å²) in [6, 6.07) is -0.0926. The highest BCUT2D eigenvalue weighted by Crippen LogP contribution is 2.27. The first kappa shape index (κ1) is 21.1. The zero-order valence-corrected chi connectivity index (χ0v) is 15.9. The van der Waals surface area contributed by atoms with Crippen LogP contribution in [0.4, 0.5) is 13.2 Å². The fraction of sp³-hybridized carbons (Fsp3) is 0.647. The molecule has 1 atom stereocenters. The van der Waals surface area contributed by atoms with Gasteiger partial charge >= 0.3 is 6.18 Å². The summed E-state index contributed by atoms with van der Waals surface area (Å²) >= 11 is 0. The Bertz CT molecular complexity index is 815. The first-order chi connectivity index (χ1) is 12.5. The van der Waals surface area contributed by atoms with Gasteiger partial charge < -0.3 is 11.1 Å². The van der Waals surface area contributed by atoms with E-state index in [0.717, 1.165) is 10.9 Å². The molecule has 2 heterocycles. The van der Waals surface area contributed by atoms with Gasteiger partial charge in [-0.1, -0.05) is 13.8 Å². The van der Waals surface area contributed by atoms with Gasteiger partial charge in [-0.05, 0) is 38.2 Å². The van der Waals surface area contributed by atoms with Crippen LogP contribution in [0.1, 0.15) is 49.5 Å². The number of fused-ring (bicyclic) bond motifs is 1. The second-order valence-corrected chi connectivity index (χ2v) is 7.04. The number of alkyl halides is 3. The molecule has 0 saturated heterocycles. The van der Waals surface area contributed by atoms with Crippen molar-refractivity contribution in [1.82, 2.24) is 24.9 Å². The van der Waals surface area contributed by atoms with Gasteiger partial charge in [-0.2, -0.15) is 18.2 Å². The summed E-state index contributed by atoms with van der Waals surface area (Å²) in [5, 5.41) is 6.41. The number of hydrogen-bond acceptors (Lipinski definition) is 5. The van der Waals surface area contributed by atoms with Gasteiger partial charge in [0.25, 0.3) is 11.6 Å². The minimum absolute atomic E-state index is 0.0926. The van der Waals surface area contributed by atoms with E-state index in [1.165, 1.54) is 0 Å². The normalized spacial score (nSPS) is 13.4. The van der Waals surface area contributed by atoms with E-state index in [4.69, 9.17) is 5.73 Å². The first-order valence-corrected chi connectivity index (χ1v) is 8.82. The zero-order valence-electron chi connectivity index (χ0n) is 15.9. The van der Waals surface area contributed by atoms with Crippen LogP contribution in [0.3, 0.4) is 0 Å². The Hall–Kier alpha value is -2.23. The van der Waals surface area contributed by atoms with Gasteiger partial charge in [0.2, 0.25) is 5.91 Å². The molecule has 2 rings (SSSR count). The number of aryl methyl sites for hydroxylation is 2. The van der Waals surface area contributed by atoms with E-state index in [2.05, 4.69) is 34.2 Å². The Morgan fingerprint density at radius 2 is 1.93 bits per heavy atom. The van der Waals surface area contributed by atoms with Crippen LogP contribution >= 0.6 is 0 Å². The highest BCUT2D eigenvalue weighted by molar-refractivity contribution is 5.76. The fourth-order valence-electron chi connectivity index (χ4n) is 3.01. The number of aromatic nitrogens is 4. The number of carbonyl (C=O) groups is 1. The number of rotatable bonds is 7. The van der Waals surface area contributed by atoms with Gasteiger partial charge in [0.1, 0.15) is 0 Å². The van der Waals surface area contributed by atoms with Crippen molar-refractivity contribution in [3.05, 3.63) is 22.8 Å². The molecule has 0 aliphatic rings. The van der Waals surface area contributed by atoms with Gasteiger partial charge in [-0.3, -0.25) is 4.79 Å². The molecule has 0 aliphatic carbocycles. The number of amides is 1. The van der Waals surface area contributed by atoms with Crippen LogP contribution in [0.15, 0.2) is 0 Å². The second-order valence-electron chi connectivity index (χ2n) is 7.04. The molecule has 0 aromatic carbocycles. The Morgan fingerprint density at radius 3 is 2.48 bits per heavy atom. The molecule has 0 saturated carbocycles. The summed E-state index contributed by atoms with van der Waals surface area (Å²) < 4.78 is 39.6. The molecule has 27 heavy (non-hydrogen) atoms. The summed E-state index contributed by atoms with van der Waals surface area (Å²) in [6.45, 7) is 7.79. The number of carbonyl (C=O) groups excluding carboxylic acids is 1. The number of nitrogens with one attached hydrogen (secondary N) is 1. The molecule has 0 aliphatic heterocycles. The Balaban J connectivity index is 2.15. The number of halogens is 3. The van der Waals surface area contributed by atoms with Crippen molar-refractivity contribution in [2.75, 3.05) is 6.54 Å². The third-order valence-electron chi connectivity index (χ3n) is 4.31. The molecule has 1 amide bonds. The Kier molecular flexibility index (Phi) is 6.40. The number of nitrogens with two attached hydrogens (primary N) is 1. The van der Waals surface area contributed by atoms with E-state index in [0.29, 0.717) is 35.8 Å². The van der Waals surface area contributed by atoms with Crippen molar-refractivity contribution in [2.24, 2.45) is 11.7 Å². The van der Waals surface area contributed by atoms with Crippen molar-refractivity contribution >= 4 is 11.7 Å². The van der Waals surface area contributed by atoms with Crippen molar-refractivity contribution < 1.29 is 18.0 Å². The van der Waals surface area contributed by atoms with Crippen LogP contribution in [0.25, 0.3) is 5.78 Å². The van der Waals surface area contributed by atoms with Crippen LogP contribution in [-0.2, 0) is 17.4 Å². The van der Waals surface area contributed by atoms with Crippen LogP contribution in [0.2, 0.25) is 0 Å². The number of hydrogen-bond donors (Lipinski definition) is 2. The average molecular weight is 386 g/mol. The smallest absolute Gasteiger partial charge is 0.352 e. The lowest BCUT2D eigenvalue weighted by Crippen LogP contribution is -2.41. The third kappa shape index (κ3) is 5.15. The third-order valence-corrected chi connectivity index (χ3v) is 4.31. The largest absolute Gasteiger partial charge is 0.453 e. The van der Waals surface area contributed by atoms with Crippen LogP contribution < -0.4 is 11.1 Å². The molecule has 0 spiro atoms. The van der Waals surface area contributed by atoms with Gasteiger partial charge in [0, 0.05) is 30.4 Å². The lowest BCUT2D eigenvalue weighted by atomic mass is 10.0. The van der Waals surface area contributed by atoms with E-state index in [1.54, 1.807) is 13.8 Å². The van der Waals surface area contributed by atoms with Crippen molar-refractivity contribution in [2.45, 2.75) is 59.2 Å². The molecule has 3 N–H and O–H groups in total. The molecule has 7 nitrogen and oxygen atoms in total. The molecule has 2 aromatic heterocycles. The van der Waals surface area contributed by atoms with Crippen molar-refractivity contribution in [3.8, 4) is 0 Å². The standard InChI is InChI=1S/C17H25F3N6O/c1-9(2)7-12(8-21)23-14(27)6-5-13-10(3)22-16-24-15(17(18,19)20)25-26(16)11(13)4/h9,12H,5-8,21H2,1-4H3,(H,23,27). The maximum atomic E-state index is 12.8. The summed E-state index contributed by atoms with van der Waals surface area (Å²) in [5.74, 6) is -1.08. The molecular weight excluding hydrogens is 361 g/mol. The van der Waals surface area contributed by atoms with Gasteiger partial charge in [-0.25, -0.2) is 9.50 Å². The molecule has 0 fully saturated rings. The van der Waals surface area contributed by atoms with Crippen molar-refractivity contribution in [1.29, 1.82) is 0 Å².